The molecule has 0 radical (unpaired) electrons. The topological polar surface area (TPSA) is 57.6 Å². The Morgan fingerprint density at radius 3 is 2.36 bits per heavy atom. The molecule has 162 valence electrons. The summed E-state index contributed by atoms with van der Waals surface area (Å²) in [5.41, 5.74) is 2.62. The van der Waals surface area contributed by atoms with E-state index in [-0.39, 0.29) is 11.3 Å². The van der Waals surface area contributed by atoms with Crippen LogP contribution < -0.4 is 4.90 Å². The molecule has 0 saturated carbocycles. The van der Waals surface area contributed by atoms with Gasteiger partial charge in [0, 0.05) is 16.3 Å². The number of ketones is 1. The standard InChI is InChI=1S/C28H20ClNO3/c1-17-14-15-20(29)16-23(17)30-25(19-9-3-2-4-10-19)24(27(32)28(30)33)26(31)22-13-7-11-18-8-5-6-12-21(18)22/h2-16,25,31H,1H3/b26-24-. The molecular formula is C28H20ClNO3. The number of hydrogen-bond acceptors (Lipinski definition) is 3. The summed E-state index contributed by atoms with van der Waals surface area (Å²) in [6.45, 7) is 1.86. The van der Waals surface area contributed by atoms with Gasteiger partial charge in [0.15, 0.2) is 0 Å². The van der Waals surface area contributed by atoms with Crippen molar-refractivity contribution in [3.05, 3.63) is 118 Å². The number of carbonyl (C=O) groups excluding carboxylic acids is 2. The zero-order chi connectivity index (χ0) is 23.1. The van der Waals surface area contributed by atoms with Crippen molar-refractivity contribution in [1.29, 1.82) is 0 Å². The normalized spacial score (nSPS) is 17.6. The van der Waals surface area contributed by atoms with Gasteiger partial charge in [0.05, 0.1) is 11.6 Å². The molecule has 0 aliphatic carbocycles. The fraction of sp³-hybridized carbons (Fsp3) is 0.0714. The van der Waals surface area contributed by atoms with E-state index in [1.54, 1.807) is 18.2 Å². The first-order chi connectivity index (χ1) is 16.0. The third kappa shape index (κ3) is 3.49. The van der Waals surface area contributed by atoms with Crippen LogP contribution in [0.4, 0.5) is 5.69 Å². The smallest absolute Gasteiger partial charge is 0.300 e. The molecule has 4 nitrogen and oxygen atoms in total. The SMILES string of the molecule is Cc1ccc(Cl)cc1N1C(=O)C(=O)/C(=C(\O)c2cccc3ccccc23)C1c1ccccc1. The lowest BCUT2D eigenvalue weighted by atomic mass is 9.93. The molecule has 33 heavy (non-hydrogen) atoms. The van der Waals surface area contributed by atoms with Crippen LogP contribution in [0.3, 0.4) is 0 Å². The zero-order valence-electron chi connectivity index (χ0n) is 17.8. The summed E-state index contributed by atoms with van der Waals surface area (Å²) >= 11 is 6.25. The van der Waals surface area contributed by atoms with Gasteiger partial charge in [-0.25, -0.2) is 0 Å². The minimum Gasteiger partial charge on any atom is -0.507 e. The minimum absolute atomic E-state index is 0.0573. The average Bonchev–Trinajstić information content (AvgIpc) is 3.10. The highest BCUT2D eigenvalue weighted by molar-refractivity contribution is 6.52. The van der Waals surface area contributed by atoms with Crippen molar-refractivity contribution in [2.24, 2.45) is 0 Å². The summed E-state index contributed by atoms with van der Waals surface area (Å²) in [4.78, 5) is 28.2. The number of anilines is 1. The molecule has 1 unspecified atom stereocenters. The van der Waals surface area contributed by atoms with Crippen LogP contribution in [0.1, 0.15) is 22.7 Å². The molecule has 1 N–H and O–H groups in total. The first-order valence-electron chi connectivity index (χ1n) is 10.6. The van der Waals surface area contributed by atoms with Crippen LogP contribution in [0.15, 0.2) is 96.6 Å². The molecule has 1 aliphatic rings. The molecule has 4 aromatic carbocycles. The van der Waals surface area contributed by atoms with Gasteiger partial charge in [0.1, 0.15) is 5.76 Å². The van der Waals surface area contributed by atoms with Crippen LogP contribution in [0.25, 0.3) is 16.5 Å². The molecular weight excluding hydrogens is 434 g/mol. The molecule has 5 heteroatoms. The highest BCUT2D eigenvalue weighted by Gasteiger charge is 2.47. The molecule has 1 saturated heterocycles. The number of fused-ring (bicyclic) bond motifs is 1. The van der Waals surface area contributed by atoms with E-state index in [9.17, 15) is 14.7 Å². The van der Waals surface area contributed by atoms with Gasteiger partial charge in [0.25, 0.3) is 11.7 Å². The molecule has 0 bridgehead atoms. The van der Waals surface area contributed by atoms with Crippen LogP contribution in [0, 0.1) is 6.92 Å². The third-order valence-electron chi connectivity index (χ3n) is 6.04. The van der Waals surface area contributed by atoms with E-state index in [1.165, 1.54) is 4.90 Å². The molecule has 4 aromatic rings. The summed E-state index contributed by atoms with van der Waals surface area (Å²) in [5, 5.41) is 13.7. The van der Waals surface area contributed by atoms with Gasteiger partial charge >= 0.3 is 0 Å². The number of halogens is 1. The Morgan fingerprint density at radius 2 is 1.58 bits per heavy atom. The first-order valence-corrected chi connectivity index (χ1v) is 11.0. The number of benzene rings is 4. The Labute approximate surface area is 196 Å². The lowest BCUT2D eigenvalue weighted by molar-refractivity contribution is -0.132. The quantitative estimate of drug-likeness (QED) is 0.221. The average molecular weight is 454 g/mol. The van der Waals surface area contributed by atoms with Crippen molar-refractivity contribution in [3.63, 3.8) is 0 Å². The van der Waals surface area contributed by atoms with E-state index in [1.807, 2.05) is 79.7 Å². The second-order valence-corrected chi connectivity index (χ2v) is 8.47. The fourth-order valence-corrected chi connectivity index (χ4v) is 4.62. The van der Waals surface area contributed by atoms with Crippen LogP contribution >= 0.6 is 11.6 Å². The predicted molar refractivity (Wildman–Crippen MR) is 131 cm³/mol. The third-order valence-corrected chi connectivity index (χ3v) is 6.27. The lowest BCUT2D eigenvalue weighted by Crippen LogP contribution is -2.30. The molecule has 1 heterocycles. The van der Waals surface area contributed by atoms with E-state index in [4.69, 9.17) is 11.6 Å². The molecule has 1 atom stereocenters. The maximum absolute atomic E-state index is 13.4. The highest BCUT2D eigenvalue weighted by Crippen LogP contribution is 2.44. The summed E-state index contributed by atoms with van der Waals surface area (Å²) in [6.07, 6.45) is 0. The Balaban J connectivity index is 1.80. The number of aryl methyl sites for hydroxylation is 1. The van der Waals surface area contributed by atoms with Gasteiger partial charge in [-0.2, -0.15) is 0 Å². The maximum atomic E-state index is 13.4. The lowest BCUT2D eigenvalue weighted by Gasteiger charge is -2.27. The van der Waals surface area contributed by atoms with Crippen LogP contribution in [0.2, 0.25) is 5.02 Å². The summed E-state index contributed by atoms with van der Waals surface area (Å²) < 4.78 is 0. The van der Waals surface area contributed by atoms with E-state index < -0.39 is 17.7 Å². The van der Waals surface area contributed by atoms with Crippen molar-refractivity contribution in [2.75, 3.05) is 4.90 Å². The van der Waals surface area contributed by atoms with Crippen molar-refractivity contribution >= 4 is 45.5 Å². The fourth-order valence-electron chi connectivity index (χ4n) is 4.45. The molecule has 1 amide bonds. The molecule has 5 rings (SSSR count). The number of nitrogens with zero attached hydrogens (tertiary/aromatic N) is 1. The van der Waals surface area contributed by atoms with Gasteiger partial charge in [0.2, 0.25) is 0 Å². The summed E-state index contributed by atoms with van der Waals surface area (Å²) in [6, 6.07) is 26.8. The number of hydrogen-bond donors (Lipinski definition) is 1. The Kier molecular flexibility index (Phi) is 5.23. The van der Waals surface area contributed by atoms with Crippen molar-refractivity contribution in [2.45, 2.75) is 13.0 Å². The zero-order valence-corrected chi connectivity index (χ0v) is 18.6. The second-order valence-electron chi connectivity index (χ2n) is 8.04. The molecule has 1 fully saturated rings. The van der Waals surface area contributed by atoms with Crippen molar-refractivity contribution in [1.82, 2.24) is 0 Å². The number of carbonyl (C=O) groups is 2. The highest BCUT2D eigenvalue weighted by atomic mass is 35.5. The Hall–Kier alpha value is -3.89. The summed E-state index contributed by atoms with van der Waals surface area (Å²) in [7, 11) is 0. The maximum Gasteiger partial charge on any atom is 0.300 e. The van der Waals surface area contributed by atoms with Gasteiger partial charge in [-0.05, 0) is 41.0 Å². The second kappa shape index (κ2) is 8.23. The van der Waals surface area contributed by atoms with Crippen LogP contribution in [0.5, 0.6) is 0 Å². The molecule has 0 aromatic heterocycles. The van der Waals surface area contributed by atoms with Gasteiger partial charge in [-0.3, -0.25) is 14.5 Å². The molecule has 0 spiro atoms. The largest absolute Gasteiger partial charge is 0.507 e. The van der Waals surface area contributed by atoms with E-state index >= 15 is 0 Å². The number of aliphatic hydroxyl groups excluding tert-OH is 1. The van der Waals surface area contributed by atoms with E-state index in [0.29, 0.717) is 16.3 Å². The van der Waals surface area contributed by atoms with Crippen LogP contribution in [-0.4, -0.2) is 16.8 Å². The predicted octanol–water partition coefficient (Wildman–Crippen LogP) is 6.43. The minimum atomic E-state index is -0.790. The van der Waals surface area contributed by atoms with Gasteiger partial charge in [-0.15, -0.1) is 0 Å². The molecule has 1 aliphatic heterocycles. The van der Waals surface area contributed by atoms with Gasteiger partial charge in [-0.1, -0.05) is 90.5 Å². The number of amides is 1. The van der Waals surface area contributed by atoms with Gasteiger partial charge < -0.3 is 5.11 Å². The summed E-state index contributed by atoms with van der Waals surface area (Å²) in [5.74, 6) is -1.62. The van der Waals surface area contributed by atoms with E-state index in [2.05, 4.69) is 0 Å². The monoisotopic (exact) mass is 453 g/mol. The van der Waals surface area contributed by atoms with Crippen molar-refractivity contribution < 1.29 is 14.7 Å². The van der Waals surface area contributed by atoms with Crippen molar-refractivity contribution in [3.8, 4) is 0 Å². The Bertz CT molecular complexity index is 1440. The van der Waals surface area contributed by atoms with E-state index in [0.717, 1.165) is 21.9 Å². The number of aliphatic hydroxyl groups is 1. The first kappa shape index (κ1) is 21.0. The number of Topliss-reactive ketones (excluding diaryl/α,β-unsaturated/α-hetero) is 1. The Morgan fingerprint density at radius 1 is 0.879 bits per heavy atom. The number of rotatable bonds is 3. The van der Waals surface area contributed by atoms with Crippen LogP contribution in [-0.2, 0) is 9.59 Å².